The monoisotopic (exact) mass is 350 g/mol. The Morgan fingerprint density at radius 1 is 1.13 bits per heavy atom. The summed E-state index contributed by atoms with van der Waals surface area (Å²) in [5.41, 5.74) is 1.49. The van der Waals surface area contributed by atoms with E-state index in [1.807, 2.05) is 6.92 Å². The van der Waals surface area contributed by atoms with E-state index in [2.05, 4.69) is 10.6 Å². The minimum atomic E-state index is -0.374. The lowest BCUT2D eigenvalue weighted by Gasteiger charge is -2.15. The van der Waals surface area contributed by atoms with Gasteiger partial charge in [-0.3, -0.25) is 9.59 Å². The van der Waals surface area contributed by atoms with Gasteiger partial charge in [0.25, 0.3) is 0 Å². The van der Waals surface area contributed by atoms with Gasteiger partial charge in [-0.2, -0.15) is 0 Å². The average molecular weight is 351 g/mol. The van der Waals surface area contributed by atoms with Crippen LogP contribution in [0.3, 0.4) is 0 Å². The number of halogens is 1. The zero-order valence-electron chi connectivity index (χ0n) is 12.3. The van der Waals surface area contributed by atoms with Crippen molar-refractivity contribution in [3.63, 3.8) is 0 Å². The maximum Gasteiger partial charge on any atom is 0.319 e. The minimum Gasteiger partial charge on any atom is -0.338 e. The number of fused-ring (bicyclic) bond motifs is 2. The van der Waals surface area contributed by atoms with E-state index in [9.17, 15) is 14.4 Å². The summed E-state index contributed by atoms with van der Waals surface area (Å²) in [4.78, 5) is 37.2. The molecule has 3 rings (SSSR count). The Kier molecular flexibility index (Phi) is 5.18. The standard InChI is InChI=1S/C16H14N2O3S.ClH/c1-2-7-17-16(21)18-11-8-22-15-12(11)13(19)9-5-3-4-6-10(9)14(15)20;/h3-6,8H,2,7H2,1H3,(H2,17,18,21);1H. The summed E-state index contributed by atoms with van der Waals surface area (Å²) in [5.74, 6) is -0.394. The largest absolute Gasteiger partial charge is 0.338 e. The van der Waals surface area contributed by atoms with Crippen LogP contribution in [0.5, 0.6) is 0 Å². The Bertz CT molecular complexity index is 785. The zero-order chi connectivity index (χ0) is 15.7. The molecular weight excluding hydrogens is 336 g/mol. The van der Waals surface area contributed by atoms with E-state index in [0.29, 0.717) is 33.8 Å². The van der Waals surface area contributed by atoms with E-state index in [1.54, 1.807) is 29.6 Å². The van der Waals surface area contributed by atoms with Gasteiger partial charge in [0.15, 0.2) is 5.78 Å². The van der Waals surface area contributed by atoms with Gasteiger partial charge < -0.3 is 10.6 Å². The normalized spacial score (nSPS) is 12.0. The van der Waals surface area contributed by atoms with Crippen LogP contribution in [0.4, 0.5) is 10.5 Å². The molecule has 0 saturated heterocycles. The predicted octanol–water partition coefficient (Wildman–Crippen LogP) is 3.48. The number of anilines is 1. The van der Waals surface area contributed by atoms with Gasteiger partial charge in [-0.1, -0.05) is 31.2 Å². The van der Waals surface area contributed by atoms with Crippen LogP contribution >= 0.6 is 23.7 Å². The Balaban J connectivity index is 0.00000192. The van der Waals surface area contributed by atoms with E-state index in [4.69, 9.17) is 0 Å². The molecule has 1 aliphatic rings. The number of rotatable bonds is 3. The smallest absolute Gasteiger partial charge is 0.319 e. The van der Waals surface area contributed by atoms with E-state index in [0.717, 1.165) is 6.42 Å². The lowest BCUT2D eigenvalue weighted by Crippen LogP contribution is -2.30. The number of benzene rings is 1. The van der Waals surface area contributed by atoms with Crippen molar-refractivity contribution in [1.82, 2.24) is 5.32 Å². The molecule has 2 N–H and O–H groups in total. The van der Waals surface area contributed by atoms with Crippen molar-refractivity contribution in [1.29, 1.82) is 0 Å². The van der Waals surface area contributed by atoms with Gasteiger partial charge in [-0.25, -0.2) is 4.79 Å². The quantitative estimate of drug-likeness (QED) is 0.759. The molecule has 120 valence electrons. The number of amides is 2. The maximum atomic E-state index is 12.6. The summed E-state index contributed by atoms with van der Waals surface area (Å²) in [6.07, 6.45) is 0.819. The summed E-state index contributed by atoms with van der Waals surface area (Å²) in [5, 5.41) is 6.97. The highest BCUT2D eigenvalue weighted by atomic mass is 35.5. The lowest BCUT2D eigenvalue weighted by molar-refractivity contribution is 0.0983. The predicted molar refractivity (Wildman–Crippen MR) is 92.2 cm³/mol. The molecular formula is C16H15ClN2O3S. The molecule has 1 aliphatic carbocycles. The summed E-state index contributed by atoms with van der Waals surface area (Å²) in [6, 6.07) is 6.38. The molecule has 0 spiro atoms. The molecule has 0 bridgehead atoms. The van der Waals surface area contributed by atoms with Gasteiger partial charge in [0.1, 0.15) is 0 Å². The Labute approximate surface area is 143 Å². The van der Waals surface area contributed by atoms with Gasteiger partial charge in [-0.05, 0) is 6.42 Å². The fourth-order valence-corrected chi connectivity index (χ4v) is 3.33. The number of carbonyl (C=O) groups is 3. The summed E-state index contributed by atoms with van der Waals surface area (Å²) < 4.78 is 0. The van der Waals surface area contributed by atoms with Crippen LogP contribution in [-0.4, -0.2) is 24.1 Å². The van der Waals surface area contributed by atoms with Crippen LogP contribution in [-0.2, 0) is 0 Å². The second-order valence-corrected chi connectivity index (χ2v) is 5.82. The van der Waals surface area contributed by atoms with E-state index in [-0.39, 0.29) is 30.0 Å². The van der Waals surface area contributed by atoms with Gasteiger partial charge in [0, 0.05) is 23.1 Å². The first-order valence-corrected chi connectivity index (χ1v) is 7.86. The fraction of sp³-hybridized carbons (Fsp3) is 0.188. The number of carbonyl (C=O) groups excluding carboxylic acids is 3. The fourth-order valence-electron chi connectivity index (χ4n) is 2.38. The highest BCUT2D eigenvalue weighted by molar-refractivity contribution is 7.13. The third-order valence-corrected chi connectivity index (χ3v) is 4.40. The molecule has 0 atom stereocenters. The molecule has 1 aromatic carbocycles. The third-order valence-electron chi connectivity index (χ3n) is 3.42. The van der Waals surface area contributed by atoms with Crippen LogP contribution in [0.1, 0.15) is 44.5 Å². The number of hydrogen-bond acceptors (Lipinski definition) is 4. The van der Waals surface area contributed by atoms with Crippen LogP contribution in [0, 0.1) is 0 Å². The summed E-state index contributed by atoms with van der Waals surface area (Å²) in [6.45, 7) is 2.50. The number of thiophene rings is 1. The maximum absolute atomic E-state index is 12.6. The molecule has 5 nitrogen and oxygen atoms in total. The molecule has 0 radical (unpaired) electrons. The molecule has 7 heteroatoms. The number of hydrogen-bond donors (Lipinski definition) is 2. The van der Waals surface area contributed by atoms with Crippen LogP contribution in [0.2, 0.25) is 0 Å². The van der Waals surface area contributed by atoms with Crippen molar-refractivity contribution in [2.75, 3.05) is 11.9 Å². The summed E-state index contributed by atoms with van der Waals surface area (Å²) in [7, 11) is 0. The van der Waals surface area contributed by atoms with Crippen molar-refractivity contribution >= 4 is 47.0 Å². The van der Waals surface area contributed by atoms with E-state index < -0.39 is 0 Å². The first-order valence-electron chi connectivity index (χ1n) is 6.98. The molecule has 0 fully saturated rings. The Morgan fingerprint density at radius 2 is 1.78 bits per heavy atom. The van der Waals surface area contributed by atoms with Gasteiger partial charge in [0.2, 0.25) is 5.78 Å². The topological polar surface area (TPSA) is 75.3 Å². The van der Waals surface area contributed by atoms with Crippen LogP contribution < -0.4 is 10.6 Å². The molecule has 1 aromatic heterocycles. The van der Waals surface area contributed by atoms with Crippen LogP contribution in [0.15, 0.2) is 29.6 Å². The first kappa shape index (κ1) is 17.2. The number of ketones is 2. The SMILES string of the molecule is CCCNC(=O)Nc1csc2c1C(=O)c1ccccc1C2=O.Cl. The summed E-state index contributed by atoms with van der Waals surface area (Å²) >= 11 is 1.18. The van der Waals surface area contributed by atoms with Crippen molar-refractivity contribution in [2.24, 2.45) is 0 Å². The number of urea groups is 1. The van der Waals surface area contributed by atoms with Gasteiger partial charge >= 0.3 is 6.03 Å². The zero-order valence-corrected chi connectivity index (χ0v) is 14.0. The first-order chi connectivity index (χ1) is 10.6. The third kappa shape index (κ3) is 3.00. The van der Waals surface area contributed by atoms with Crippen molar-refractivity contribution in [3.05, 3.63) is 51.2 Å². The van der Waals surface area contributed by atoms with Crippen LogP contribution in [0.25, 0.3) is 0 Å². The van der Waals surface area contributed by atoms with Gasteiger partial charge in [0.05, 0.1) is 16.1 Å². The average Bonchev–Trinajstić information content (AvgIpc) is 2.94. The Morgan fingerprint density at radius 3 is 2.43 bits per heavy atom. The number of nitrogens with one attached hydrogen (secondary N) is 2. The second kappa shape index (κ2) is 6.93. The van der Waals surface area contributed by atoms with Crippen molar-refractivity contribution in [3.8, 4) is 0 Å². The highest BCUT2D eigenvalue weighted by Gasteiger charge is 2.33. The molecule has 0 unspecified atom stereocenters. The molecule has 23 heavy (non-hydrogen) atoms. The lowest BCUT2D eigenvalue weighted by atomic mass is 9.88. The molecule has 2 aromatic rings. The molecule has 0 aliphatic heterocycles. The highest BCUT2D eigenvalue weighted by Crippen LogP contribution is 2.36. The van der Waals surface area contributed by atoms with E-state index >= 15 is 0 Å². The Hall–Kier alpha value is -2.18. The molecule has 2 amide bonds. The minimum absolute atomic E-state index is 0. The van der Waals surface area contributed by atoms with Crippen molar-refractivity contribution in [2.45, 2.75) is 13.3 Å². The van der Waals surface area contributed by atoms with Crippen molar-refractivity contribution < 1.29 is 14.4 Å². The molecule has 0 saturated carbocycles. The van der Waals surface area contributed by atoms with Gasteiger partial charge in [-0.15, -0.1) is 23.7 Å². The van der Waals surface area contributed by atoms with E-state index in [1.165, 1.54) is 11.3 Å². The second-order valence-electron chi connectivity index (χ2n) is 4.94. The molecule has 1 heterocycles.